The number of aromatic nitrogens is 2. The largest absolute Gasteiger partial charge is 0.378 e. The van der Waals surface area contributed by atoms with Gasteiger partial charge in [0.05, 0.1) is 4.92 Å². The van der Waals surface area contributed by atoms with Gasteiger partial charge in [-0.05, 0) is 23.4 Å². The second kappa shape index (κ2) is 5.49. The van der Waals surface area contributed by atoms with Crippen molar-refractivity contribution in [1.82, 2.24) is 9.97 Å². The van der Waals surface area contributed by atoms with E-state index in [2.05, 4.69) is 27.5 Å². The summed E-state index contributed by atoms with van der Waals surface area (Å²) in [6.07, 6.45) is 4.19. The molecule has 0 unspecified atom stereocenters. The average Bonchev–Trinajstić information content (AvgIpc) is 3.01. The Bertz CT molecular complexity index is 699. The van der Waals surface area contributed by atoms with Crippen LogP contribution in [0.25, 0.3) is 5.57 Å². The molecule has 2 N–H and O–H groups in total. The fourth-order valence-electron chi connectivity index (χ4n) is 2.21. The van der Waals surface area contributed by atoms with Crippen LogP contribution in [0.3, 0.4) is 0 Å². The second-order valence-corrected chi connectivity index (χ2v) is 5.55. The molecule has 0 bridgehead atoms. The minimum Gasteiger partial charge on any atom is -0.378 e. The Hall–Kier alpha value is -2.48. The van der Waals surface area contributed by atoms with E-state index in [1.54, 1.807) is 11.3 Å². The second-order valence-electron chi connectivity index (χ2n) is 4.60. The van der Waals surface area contributed by atoms with E-state index >= 15 is 0 Å². The monoisotopic (exact) mass is 303 g/mol. The highest BCUT2D eigenvalue weighted by Gasteiger charge is 2.19. The van der Waals surface area contributed by atoms with Crippen molar-refractivity contribution in [2.24, 2.45) is 0 Å². The normalized spacial score (nSPS) is 14.9. The van der Waals surface area contributed by atoms with Crippen LogP contribution in [0.5, 0.6) is 0 Å². The molecule has 1 aliphatic rings. The molecule has 2 aromatic rings. The standard InChI is InChI=1S/C13H13N5O2S/c14-12-10(18(19)20)8-15-13(16-12)17-5-3-9(4-6-17)11-2-1-7-21-11/h1-3,7-8H,4-6H2,(H2,14,15,16). The smallest absolute Gasteiger partial charge is 0.329 e. The first-order valence-electron chi connectivity index (χ1n) is 6.40. The molecule has 8 heteroatoms. The van der Waals surface area contributed by atoms with Crippen LogP contribution in [-0.4, -0.2) is 28.0 Å². The van der Waals surface area contributed by atoms with E-state index in [-0.39, 0.29) is 11.5 Å². The molecule has 21 heavy (non-hydrogen) atoms. The molecule has 0 amide bonds. The number of nitrogens with two attached hydrogens (primary N) is 1. The summed E-state index contributed by atoms with van der Waals surface area (Å²) in [5.74, 6) is 0.331. The van der Waals surface area contributed by atoms with Crippen LogP contribution >= 0.6 is 11.3 Å². The number of thiophene rings is 1. The molecule has 0 atom stereocenters. The van der Waals surface area contributed by atoms with Crippen molar-refractivity contribution >= 4 is 34.4 Å². The lowest BCUT2D eigenvalue weighted by Gasteiger charge is -2.26. The van der Waals surface area contributed by atoms with Gasteiger partial charge in [0.25, 0.3) is 0 Å². The van der Waals surface area contributed by atoms with E-state index in [9.17, 15) is 10.1 Å². The van der Waals surface area contributed by atoms with Crippen molar-refractivity contribution in [3.63, 3.8) is 0 Å². The van der Waals surface area contributed by atoms with E-state index in [0.717, 1.165) is 19.2 Å². The number of nitro groups is 1. The van der Waals surface area contributed by atoms with Crippen LogP contribution in [0.1, 0.15) is 11.3 Å². The third-order valence-corrected chi connectivity index (χ3v) is 4.26. The van der Waals surface area contributed by atoms with Crippen LogP contribution in [0, 0.1) is 10.1 Å². The van der Waals surface area contributed by atoms with Gasteiger partial charge in [0.2, 0.25) is 11.8 Å². The summed E-state index contributed by atoms with van der Waals surface area (Å²) in [5, 5.41) is 12.8. The van der Waals surface area contributed by atoms with Crippen molar-refractivity contribution in [2.45, 2.75) is 6.42 Å². The Kier molecular flexibility index (Phi) is 3.53. The highest BCUT2D eigenvalue weighted by molar-refractivity contribution is 7.11. The fourth-order valence-corrected chi connectivity index (χ4v) is 3.01. The Morgan fingerprint density at radius 3 is 2.90 bits per heavy atom. The number of rotatable bonds is 3. The molecule has 7 nitrogen and oxygen atoms in total. The van der Waals surface area contributed by atoms with Crippen molar-refractivity contribution in [1.29, 1.82) is 0 Å². The van der Waals surface area contributed by atoms with Gasteiger partial charge >= 0.3 is 5.69 Å². The predicted octanol–water partition coefficient (Wildman–Crippen LogP) is 2.32. The van der Waals surface area contributed by atoms with Crippen LogP contribution in [-0.2, 0) is 0 Å². The van der Waals surface area contributed by atoms with E-state index < -0.39 is 4.92 Å². The maximum absolute atomic E-state index is 10.7. The van der Waals surface area contributed by atoms with E-state index in [4.69, 9.17) is 5.73 Å². The average molecular weight is 303 g/mol. The summed E-state index contributed by atoms with van der Waals surface area (Å²) >= 11 is 1.72. The molecule has 1 aliphatic heterocycles. The molecule has 2 aromatic heterocycles. The lowest BCUT2D eigenvalue weighted by molar-refractivity contribution is -0.384. The number of nitrogens with zero attached hydrogens (tertiary/aromatic N) is 4. The van der Waals surface area contributed by atoms with Crippen LogP contribution in [0.2, 0.25) is 0 Å². The van der Waals surface area contributed by atoms with Crippen molar-refractivity contribution < 1.29 is 4.92 Å². The van der Waals surface area contributed by atoms with Gasteiger partial charge in [-0.3, -0.25) is 10.1 Å². The van der Waals surface area contributed by atoms with Crippen molar-refractivity contribution in [3.8, 4) is 0 Å². The Labute approximate surface area is 124 Å². The molecule has 0 aliphatic carbocycles. The Morgan fingerprint density at radius 2 is 2.33 bits per heavy atom. The van der Waals surface area contributed by atoms with Crippen LogP contribution < -0.4 is 10.6 Å². The first-order chi connectivity index (χ1) is 10.1. The quantitative estimate of drug-likeness (QED) is 0.690. The zero-order valence-corrected chi connectivity index (χ0v) is 11.9. The summed E-state index contributed by atoms with van der Waals surface area (Å²) in [7, 11) is 0. The van der Waals surface area contributed by atoms with Crippen LogP contribution in [0.15, 0.2) is 29.8 Å². The van der Waals surface area contributed by atoms with E-state index in [1.807, 2.05) is 11.0 Å². The fraction of sp³-hybridized carbons (Fsp3) is 0.231. The molecule has 0 saturated carbocycles. The first kappa shape index (κ1) is 13.5. The summed E-state index contributed by atoms with van der Waals surface area (Å²) in [6, 6.07) is 4.14. The molecule has 0 saturated heterocycles. The molecule has 0 spiro atoms. The molecule has 0 aromatic carbocycles. The SMILES string of the molecule is Nc1nc(N2CC=C(c3cccs3)CC2)ncc1[N+](=O)[O-]. The predicted molar refractivity (Wildman–Crippen MR) is 82.2 cm³/mol. The molecule has 108 valence electrons. The van der Waals surface area contributed by atoms with Gasteiger partial charge in [-0.1, -0.05) is 12.1 Å². The minimum absolute atomic E-state index is 0.0990. The van der Waals surface area contributed by atoms with Crippen LogP contribution in [0.4, 0.5) is 17.5 Å². The van der Waals surface area contributed by atoms with E-state index in [1.165, 1.54) is 10.5 Å². The minimum atomic E-state index is -0.579. The third kappa shape index (κ3) is 2.70. The zero-order chi connectivity index (χ0) is 14.8. The van der Waals surface area contributed by atoms with Crippen molar-refractivity contribution in [3.05, 3.63) is 44.8 Å². The lowest BCUT2D eigenvalue weighted by Crippen LogP contribution is -2.30. The summed E-state index contributed by atoms with van der Waals surface area (Å²) in [5.41, 5.74) is 6.66. The number of nitrogen functional groups attached to an aromatic ring is 1. The third-order valence-electron chi connectivity index (χ3n) is 3.31. The molecular weight excluding hydrogens is 290 g/mol. The summed E-state index contributed by atoms with van der Waals surface area (Å²) in [6.45, 7) is 1.44. The molecular formula is C13H13N5O2S. The maximum atomic E-state index is 10.7. The zero-order valence-electron chi connectivity index (χ0n) is 11.1. The van der Waals surface area contributed by atoms with Gasteiger partial charge in [0, 0.05) is 18.0 Å². The molecule has 3 rings (SSSR count). The van der Waals surface area contributed by atoms with E-state index in [0.29, 0.717) is 12.5 Å². The molecule has 0 fully saturated rings. The molecule has 3 heterocycles. The Morgan fingerprint density at radius 1 is 1.48 bits per heavy atom. The van der Waals surface area contributed by atoms with Gasteiger partial charge in [0.1, 0.15) is 6.20 Å². The number of anilines is 2. The van der Waals surface area contributed by atoms with Gasteiger partial charge in [-0.15, -0.1) is 11.3 Å². The lowest BCUT2D eigenvalue weighted by atomic mass is 10.1. The summed E-state index contributed by atoms with van der Waals surface area (Å²) in [4.78, 5) is 21.4. The van der Waals surface area contributed by atoms with Gasteiger partial charge in [0.15, 0.2) is 0 Å². The van der Waals surface area contributed by atoms with Crippen molar-refractivity contribution in [2.75, 3.05) is 23.7 Å². The van der Waals surface area contributed by atoms with Gasteiger partial charge in [-0.2, -0.15) is 4.98 Å². The summed E-state index contributed by atoms with van der Waals surface area (Å²) < 4.78 is 0. The first-order valence-corrected chi connectivity index (χ1v) is 7.28. The Balaban J connectivity index is 1.78. The van der Waals surface area contributed by atoms with Gasteiger partial charge in [-0.25, -0.2) is 4.98 Å². The molecule has 0 radical (unpaired) electrons. The highest BCUT2D eigenvalue weighted by Crippen LogP contribution is 2.28. The number of hydrogen-bond donors (Lipinski definition) is 1. The maximum Gasteiger partial charge on any atom is 0.329 e. The topological polar surface area (TPSA) is 98.2 Å². The number of hydrogen-bond acceptors (Lipinski definition) is 7. The highest BCUT2D eigenvalue weighted by atomic mass is 32.1. The van der Waals surface area contributed by atoms with Gasteiger partial charge < -0.3 is 10.6 Å².